The second kappa shape index (κ2) is 5.88. The first-order valence-electron chi connectivity index (χ1n) is 8.02. The van der Waals surface area contributed by atoms with Crippen LogP contribution in [0.4, 0.5) is 11.4 Å². The van der Waals surface area contributed by atoms with E-state index in [0.717, 1.165) is 12.0 Å². The predicted molar refractivity (Wildman–Crippen MR) is 103 cm³/mol. The molecule has 122 valence electrons. The summed E-state index contributed by atoms with van der Waals surface area (Å²) in [5.41, 5.74) is 4.90. The lowest BCUT2D eigenvalue weighted by atomic mass is 9.76. The van der Waals surface area contributed by atoms with Gasteiger partial charge in [0.2, 0.25) is 0 Å². The van der Waals surface area contributed by atoms with Crippen molar-refractivity contribution < 1.29 is 4.92 Å². The molecule has 2 aromatic rings. The van der Waals surface area contributed by atoms with Crippen LogP contribution >= 0.6 is 22.6 Å². The first-order chi connectivity index (χ1) is 11.5. The molecule has 0 spiro atoms. The molecule has 4 rings (SSSR count). The van der Waals surface area contributed by atoms with Crippen molar-refractivity contribution in [2.75, 3.05) is 5.32 Å². The number of benzene rings is 2. The Bertz CT molecular complexity index is 862. The van der Waals surface area contributed by atoms with Gasteiger partial charge in [0.1, 0.15) is 0 Å². The molecule has 2 aliphatic rings. The number of anilines is 1. The smallest absolute Gasteiger partial charge is 0.269 e. The highest BCUT2D eigenvalue weighted by molar-refractivity contribution is 14.1. The maximum absolute atomic E-state index is 11.1. The third kappa shape index (κ3) is 2.51. The van der Waals surface area contributed by atoms with E-state index in [-0.39, 0.29) is 16.7 Å². The van der Waals surface area contributed by atoms with Gasteiger partial charge in [-0.1, -0.05) is 24.3 Å². The second-order valence-corrected chi connectivity index (χ2v) is 7.76. The van der Waals surface area contributed by atoms with E-state index in [0.29, 0.717) is 11.8 Å². The van der Waals surface area contributed by atoms with E-state index >= 15 is 0 Å². The summed E-state index contributed by atoms with van der Waals surface area (Å²) in [6.45, 7) is 2.12. The third-order valence-corrected chi connectivity index (χ3v) is 5.69. The number of fused-ring (bicyclic) bond motifs is 3. The molecule has 5 heteroatoms. The molecule has 0 radical (unpaired) electrons. The molecule has 1 N–H and O–H groups in total. The Kier molecular flexibility index (Phi) is 3.83. The lowest BCUT2D eigenvalue weighted by Crippen LogP contribution is -2.29. The zero-order valence-corrected chi connectivity index (χ0v) is 15.4. The Morgan fingerprint density at radius 2 is 2.12 bits per heavy atom. The van der Waals surface area contributed by atoms with Crippen LogP contribution in [0.1, 0.15) is 35.1 Å². The molecule has 0 saturated heterocycles. The van der Waals surface area contributed by atoms with Crippen molar-refractivity contribution in [2.24, 2.45) is 5.92 Å². The Morgan fingerprint density at radius 3 is 2.92 bits per heavy atom. The molecule has 0 saturated carbocycles. The minimum atomic E-state index is -0.321. The molecule has 0 amide bonds. The number of aryl methyl sites for hydroxylation is 1. The highest BCUT2D eigenvalue weighted by atomic mass is 127. The number of nitrogens with one attached hydrogen (secondary N) is 1. The number of non-ortho nitro benzene ring substituents is 1. The van der Waals surface area contributed by atoms with Crippen molar-refractivity contribution in [2.45, 2.75) is 25.3 Å². The van der Waals surface area contributed by atoms with Gasteiger partial charge >= 0.3 is 0 Å². The Morgan fingerprint density at radius 1 is 1.29 bits per heavy atom. The summed E-state index contributed by atoms with van der Waals surface area (Å²) in [7, 11) is 0. The Labute approximate surface area is 154 Å². The second-order valence-electron chi connectivity index (χ2n) is 6.51. The van der Waals surface area contributed by atoms with E-state index in [4.69, 9.17) is 0 Å². The van der Waals surface area contributed by atoms with Crippen molar-refractivity contribution >= 4 is 34.0 Å². The maximum atomic E-state index is 11.1. The molecule has 1 heterocycles. The molecular formula is C19H17IN2O2. The van der Waals surface area contributed by atoms with Crippen LogP contribution in [0.25, 0.3) is 0 Å². The molecule has 2 aromatic carbocycles. The van der Waals surface area contributed by atoms with Gasteiger partial charge in [-0.15, -0.1) is 0 Å². The van der Waals surface area contributed by atoms with E-state index < -0.39 is 0 Å². The van der Waals surface area contributed by atoms with Gasteiger partial charge in [0.15, 0.2) is 0 Å². The number of nitrogens with zero attached hydrogens (tertiary/aromatic N) is 1. The van der Waals surface area contributed by atoms with E-state index in [9.17, 15) is 10.1 Å². The van der Waals surface area contributed by atoms with Crippen molar-refractivity contribution in [3.8, 4) is 0 Å². The van der Waals surface area contributed by atoms with Gasteiger partial charge in [-0.25, -0.2) is 0 Å². The summed E-state index contributed by atoms with van der Waals surface area (Å²) in [5.74, 6) is 0.774. The van der Waals surface area contributed by atoms with Crippen molar-refractivity contribution in [1.82, 2.24) is 0 Å². The number of rotatable bonds is 2. The SMILES string of the molecule is Cc1cc(I)cc2c1N[C@H](c1cccc([N+](=O)[O-])c1)[C@@H]1CC=C[C@@H]21. The van der Waals surface area contributed by atoms with Crippen LogP contribution in [0.15, 0.2) is 48.6 Å². The number of hydrogen-bond donors (Lipinski definition) is 1. The van der Waals surface area contributed by atoms with Gasteiger partial charge in [0.25, 0.3) is 5.69 Å². The molecule has 0 aromatic heterocycles. The average molecular weight is 432 g/mol. The minimum absolute atomic E-state index is 0.0937. The van der Waals surface area contributed by atoms with Gasteiger partial charge in [-0.2, -0.15) is 0 Å². The van der Waals surface area contributed by atoms with Crippen LogP contribution in [-0.2, 0) is 0 Å². The topological polar surface area (TPSA) is 55.2 Å². The van der Waals surface area contributed by atoms with Crippen LogP contribution < -0.4 is 5.32 Å². The van der Waals surface area contributed by atoms with Crippen molar-refractivity contribution in [3.63, 3.8) is 0 Å². The summed E-state index contributed by atoms with van der Waals surface area (Å²) in [4.78, 5) is 10.8. The predicted octanol–water partition coefficient (Wildman–Crippen LogP) is 5.33. The normalized spacial score (nSPS) is 24.2. The molecule has 0 unspecified atom stereocenters. The van der Waals surface area contributed by atoms with Crippen molar-refractivity contribution in [3.05, 3.63) is 78.9 Å². The highest BCUT2D eigenvalue weighted by Gasteiger charge is 2.38. The fourth-order valence-electron chi connectivity index (χ4n) is 4.00. The minimum Gasteiger partial charge on any atom is -0.377 e. The van der Waals surface area contributed by atoms with Crippen molar-refractivity contribution in [1.29, 1.82) is 0 Å². The lowest BCUT2D eigenvalue weighted by Gasteiger charge is -2.38. The van der Waals surface area contributed by atoms with Gasteiger partial charge < -0.3 is 5.32 Å². The van der Waals surface area contributed by atoms with Gasteiger partial charge in [0, 0.05) is 27.3 Å². The fraction of sp³-hybridized carbons (Fsp3) is 0.263. The van der Waals surface area contributed by atoms with Crippen LogP contribution in [0.5, 0.6) is 0 Å². The molecule has 3 atom stereocenters. The average Bonchev–Trinajstić information content (AvgIpc) is 3.04. The van der Waals surface area contributed by atoms with Gasteiger partial charge in [-0.3, -0.25) is 10.1 Å². The zero-order chi connectivity index (χ0) is 16.8. The van der Waals surface area contributed by atoms with Gasteiger partial charge in [-0.05, 0) is 70.7 Å². The first kappa shape index (κ1) is 15.6. The van der Waals surface area contributed by atoms with Crippen LogP contribution in [0.2, 0.25) is 0 Å². The summed E-state index contributed by atoms with van der Waals surface area (Å²) >= 11 is 2.37. The Balaban J connectivity index is 1.81. The van der Waals surface area contributed by atoms with Crippen LogP contribution in [0, 0.1) is 26.5 Å². The molecule has 0 bridgehead atoms. The van der Waals surface area contributed by atoms with E-state index in [1.807, 2.05) is 6.07 Å². The summed E-state index contributed by atoms with van der Waals surface area (Å²) in [6, 6.07) is 11.6. The number of nitro groups is 1. The highest BCUT2D eigenvalue weighted by Crippen LogP contribution is 2.51. The quantitative estimate of drug-likeness (QED) is 0.302. The number of halogens is 1. The summed E-state index contributed by atoms with van der Waals surface area (Å²) < 4.78 is 1.25. The molecule has 1 aliphatic carbocycles. The third-order valence-electron chi connectivity index (χ3n) is 5.07. The molecule has 4 nitrogen and oxygen atoms in total. The Hall–Kier alpha value is -1.89. The summed E-state index contributed by atoms with van der Waals surface area (Å²) in [6.07, 6.45) is 5.53. The molecule has 0 fully saturated rings. The lowest BCUT2D eigenvalue weighted by molar-refractivity contribution is -0.384. The van der Waals surface area contributed by atoms with E-state index in [1.54, 1.807) is 18.2 Å². The molecule has 24 heavy (non-hydrogen) atoms. The number of hydrogen-bond acceptors (Lipinski definition) is 3. The zero-order valence-electron chi connectivity index (χ0n) is 13.2. The van der Waals surface area contributed by atoms with Gasteiger partial charge in [0.05, 0.1) is 11.0 Å². The molecular weight excluding hydrogens is 415 g/mol. The van der Waals surface area contributed by atoms with E-state index in [1.165, 1.54) is 20.4 Å². The monoisotopic (exact) mass is 432 g/mol. The number of nitro benzene ring substituents is 1. The largest absolute Gasteiger partial charge is 0.377 e. The fourth-order valence-corrected chi connectivity index (χ4v) is 4.81. The number of allylic oxidation sites excluding steroid dienone is 2. The summed E-state index contributed by atoms with van der Waals surface area (Å²) in [5, 5.41) is 14.8. The molecule has 1 aliphatic heterocycles. The standard InChI is InChI=1S/C19H17IN2O2/c1-11-8-13(20)10-17-15-6-3-7-16(15)19(21-18(11)17)12-4-2-5-14(9-12)22(23)24/h2-6,8-10,15-16,19,21H,7H2,1H3/t15-,16-,19-/m1/s1. The maximum Gasteiger partial charge on any atom is 0.269 e. The van der Waals surface area contributed by atoms with Crippen LogP contribution in [0.3, 0.4) is 0 Å². The first-order valence-corrected chi connectivity index (χ1v) is 9.10. The van der Waals surface area contributed by atoms with Crippen LogP contribution in [-0.4, -0.2) is 4.92 Å². The van der Waals surface area contributed by atoms with E-state index in [2.05, 4.69) is 59.1 Å².